The number of carbonyl (C=O) groups is 2. The number of halogens is 2. The smallest absolute Gasteiger partial charge is 0.256 e. The van der Waals surface area contributed by atoms with Crippen LogP contribution in [0.3, 0.4) is 0 Å². The van der Waals surface area contributed by atoms with Crippen molar-refractivity contribution in [3.63, 3.8) is 0 Å². The first-order valence-corrected chi connectivity index (χ1v) is 9.75. The van der Waals surface area contributed by atoms with E-state index in [0.29, 0.717) is 55.6 Å². The highest BCUT2D eigenvalue weighted by Gasteiger charge is 2.24. The molecule has 2 amide bonds. The molecule has 0 atom stereocenters. The summed E-state index contributed by atoms with van der Waals surface area (Å²) in [6.07, 6.45) is 0.328. The van der Waals surface area contributed by atoms with E-state index < -0.39 is 5.82 Å². The standard InChI is InChI=1S/C21H23ClFN3O3/c1-29-19-5-3-2-4-18(19)24-20(27)8-9-25-10-12-26(13-11-25)21(28)16-14-15(22)6-7-17(16)23/h2-7,14H,8-13H2,1H3,(H,24,27). The minimum atomic E-state index is -0.574. The van der Waals surface area contributed by atoms with E-state index in [2.05, 4.69) is 10.2 Å². The van der Waals surface area contributed by atoms with E-state index in [9.17, 15) is 14.0 Å². The van der Waals surface area contributed by atoms with E-state index in [0.717, 1.165) is 0 Å². The minimum absolute atomic E-state index is 0.0119. The largest absolute Gasteiger partial charge is 0.495 e. The summed E-state index contributed by atoms with van der Waals surface area (Å²) >= 11 is 5.88. The second-order valence-corrected chi connectivity index (χ2v) is 7.19. The van der Waals surface area contributed by atoms with Gasteiger partial charge in [0.2, 0.25) is 5.91 Å². The lowest BCUT2D eigenvalue weighted by atomic mass is 10.1. The van der Waals surface area contributed by atoms with Crippen LogP contribution in [0, 0.1) is 5.82 Å². The second-order valence-electron chi connectivity index (χ2n) is 6.76. The number of nitrogens with zero attached hydrogens (tertiary/aromatic N) is 2. The van der Waals surface area contributed by atoms with Gasteiger partial charge < -0.3 is 15.0 Å². The number of anilines is 1. The molecule has 2 aromatic carbocycles. The van der Waals surface area contributed by atoms with Gasteiger partial charge in [-0.15, -0.1) is 0 Å². The molecule has 0 unspecified atom stereocenters. The van der Waals surface area contributed by atoms with Crippen LogP contribution in [-0.4, -0.2) is 61.4 Å². The normalized spacial score (nSPS) is 14.5. The van der Waals surface area contributed by atoms with Crippen molar-refractivity contribution in [2.24, 2.45) is 0 Å². The molecular formula is C21H23ClFN3O3. The van der Waals surface area contributed by atoms with Crippen LogP contribution in [0.5, 0.6) is 5.75 Å². The topological polar surface area (TPSA) is 61.9 Å². The molecule has 0 spiro atoms. The van der Waals surface area contributed by atoms with Gasteiger partial charge in [-0.3, -0.25) is 14.5 Å². The number of benzene rings is 2. The predicted octanol–water partition coefficient (Wildman–Crippen LogP) is 3.27. The van der Waals surface area contributed by atoms with Crippen LogP contribution in [0.1, 0.15) is 16.8 Å². The number of ether oxygens (including phenoxy) is 1. The van der Waals surface area contributed by atoms with E-state index in [4.69, 9.17) is 16.3 Å². The summed E-state index contributed by atoms with van der Waals surface area (Å²) in [5, 5.41) is 3.18. The quantitative estimate of drug-likeness (QED) is 0.780. The third kappa shape index (κ3) is 5.46. The number of nitrogens with one attached hydrogen (secondary N) is 1. The van der Waals surface area contributed by atoms with Crippen molar-refractivity contribution in [3.05, 3.63) is 58.9 Å². The molecule has 0 aliphatic carbocycles. The molecule has 0 radical (unpaired) electrons. The van der Waals surface area contributed by atoms with Crippen molar-refractivity contribution in [1.29, 1.82) is 0 Å². The predicted molar refractivity (Wildman–Crippen MR) is 110 cm³/mol. The van der Waals surface area contributed by atoms with Gasteiger partial charge >= 0.3 is 0 Å². The van der Waals surface area contributed by atoms with E-state index in [1.807, 2.05) is 12.1 Å². The zero-order valence-electron chi connectivity index (χ0n) is 16.2. The first-order chi connectivity index (χ1) is 14.0. The van der Waals surface area contributed by atoms with Gasteiger partial charge in [-0.2, -0.15) is 0 Å². The molecule has 2 aromatic rings. The Bertz CT molecular complexity index is 885. The number of amides is 2. The van der Waals surface area contributed by atoms with E-state index in [-0.39, 0.29) is 17.4 Å². The molecule has 1 aliphatic heterocycles. The van der Waals surface area contributed by atoms with Gasteiger partial charge in [-0.05, 0) is 30.3 Å². The zero-order chi connectivity index (χ0) is 20.8. The van der Waals surface area contributed by atoms with Crippen LogP contribution in [0.15, 0.2) is 42.5 Å². The van der Waals surface area contributed by atoms with Gasteiger partial charge in [0, 0.05) is 44.2 Å². The molecule has 1 aliphatic rings. The molecule has 8 heteroatoms. The van der Waals surface area contributed by atoms with Crippen LogP contribution < -0.4 is 10.1 Å². The Kier molecular flexibility index (Phi) is 7.06. The molecule has 1 N–H and O–H groups in total. The highest BCUT2D eigenvalue weighted by atomic mass is 35.5. The summed E-state index contributed by atoms with van der Waals surface area (Å²) in [7, 11) is 1.56. The number of hydrogen-bond acceptors (Lipinski definition) is 4. The van der Waals surface area contributed by atoms with Crippen molar-refractivity contribution in [3.8, 4) is 5.75 Å². The lowest BCUT2D eigenvalue weighted by Gasteiger charge is -2.34. The first-order valence-electron chi connectivity index (χ1n) is 9.37. The summed E-state index contributed by atoms with van der Waals surface area (Å²) in [6, 6.07) is 11.2. The summed E-state index contributed by atoms with van der Waals surface area (Å²) in [6.45, 7) is 2.76. The van der Waals surface area contributed by atoms with Crippen LogP contribution in [0.2, 0.25) is 5.02 Å². The van der Waals surface area contributed by atoms with Gasteiger partial charge in [-0.1, -0.05) is 23.7 Å². The number of carbonyl (C=O) groups excluding carboxylic acids is 2. The van der Waals surface area contributed by atoms with Gasteiger partial charge in [0.1, 0.15) is 11.6 Å². The Morgan fingerprint density at radius 1 is 1.14 bits per heavy atom. The fraction of sp³-hybridized carbons (Fsp3) is 0.333. The second kappa shape index (κ2) is 9.71. The lowest BCUT2D eigenvalue weighted by Crippen LogP contribution is -2.49. The SMILES string of the molecule is COc1ccccc1NC(=O)CCN1CCN(C(=O)c2cc(Cl)ccc2F)CC1. The molecule has 1 heterocycles. The molecule has 154 valence electrons. The Balaban J connectivity index is 1.47. The lowest BCUT2D eigenvalue weighted by molar-refractivity contribution is -0.116. The summed E-state index contributed by atoms with van der Waals surface area (Å²) < 4.78 is 19.2. The third-order valence-corrected chi connectivity index (χ3v) is 5.09. The molecule has 1 saturated heterocycles. The molecule has 0 bridgehead atoms. The van der Waals surface area contributed by atoms with E-state index in [1.165, 1.54) is 18.2 Å². The van der Waals surface area contributed by atoms with Crippen LogP contribution in [0.25, 0.3) is 0 Å². The number of rotatable bonds is 6. The van der Waals surface area contributed by atoms with Crippen LogP contribution in [-0.2, 0) is 4.79 Å². The van der Waals surface area contributed by atoms with Gasteiger partial charge in [0.15, 0.2) is 0 Å². The Morgan fingerprint density at radius 2 is 1.86 bits per heavy atom. The number of para-hydroxylation sites is 2. The van der Waals surface area contributed by atoms with E-state index >= 15 is 0 Å². The fourth-order valence-electron chi connectivity index (χ4n) is 3.23. The zero-order valence-corrected chi connectivity index (χ0v) is 16.9. The Morgan fingerprint density at radius 3 is 2.59 bits per heavy atom. The average molecular weight is 420 g/mol. The van der Waals surface area contributed by atoms with E-state index in [1.54, 1.807) is 24.1 Å². The van der Waals surface area contributed by atoms with Crippen molar-refractivity contribution in [2.75, 3.05) is 45.2 Å². The molecule has 3 rings (SSSR count). The van der Waals surface area contributed by atoms with Gasteiger partial charge in [0.05, 0.1) is 18.4 Å². The first kappa shape index (κ1) is 21.1. The summed E-state index contributed by atoms with van der Waals surface area (Å²) in [5.41, 5.74) is 0.626. The highest BCUT2D eigenvalue weighted by molar-refractivity contribution is 6.31. The van der Waals surface area contributed by atoms with Gasteiger partial charge in [-0.25, -0.2) is 4.39 Å². The average Bonchev–Trinajstić information content (AvgIpc) is 2.74. The molecule has 6 nitrogen and oxygen atoms in total. The van der Waals surface area contributed by atoms with Crippen molar-refractivity contribution in [1.82, 2.24) is 9.80 Å². The third-order valence-electron chi connectivity index (χ3n) is 4.85. The Hall–Kier alpha value is -2.64. The monoisotopic (exact) mass is 419 g/mol. The maximum Gasteiger partial charge on any atom is 0.256 e. The molecule has 1 fully saturated rings. The fourth-order valence-corrected chi connectivity index (χ4v) is 3.40. The Labute approximate surface area is 174 Å². The number of piperazine rings is 1. The molecule has 0 aromatic heterocycles. The molecule has 29 heavy (non-hydrogen) atoms. The maximum absolute atomic E-state index is 13.9. The highest BCUT2D eigenvalue weighted by Crippen LogP contribution is 2.23. The van der Waals surface area contributed by atoms with Crippen molar-refractivity contribution >= 4 is 29.1 Å². The molecule has 0 saturated carbocycles. The van der Waals surface area contributed by atoms with Crippen molar-refractivity contribution in [2.45, 2.75) is 6.42 Å². The summed E-state index contributed by atoms with van der Waals surface area (Å²) in [4.78, 5) is 28.5. The van der Waals surface area contributed by atoms with Crippen molar-refractivity contribution < 1.29 is 18.7 Å². The minimum Gasteiger partial charge on any atom is -0.495 e. The van der Waals surface area contributed by atoms with Crippen LogP contribution in [0.4, 0.5) is 10.1 Å². The number of methoxy groups -OCH3 is 1. The maximum atomic E-state index is 13.9. The van der Waals surface area contributed by atoms with Crippen LogP contribution >= 0.6 is 11.6 Å². The summed E-state index contributed by atoms with van der Waals surface area (Å²) in [5.74, 6) is -0.427. The molecular weight excluding hydrogens is 397 g/mol. The number of hydrogen-bond donors (Lipinski definition) is 1. The van der Waals surface area contributed by atoms with Gasteiger partial charge in [0.25, 0.3) is 5.91 Å².